The molecule has 0 radical (unpaired) electrons. The van der Waals surface area contributed by atoms with E-state index in [1.54, 1.807) is 18.5 Å². The molecule has 0 saturated heterocycles. The molecule has 0 bridgehead atoms. The van der Waals surface area contributed by atoms with Gasteiger partial charge in [-0.25, -0.2) is 9.37 Å². The molecule has 0 fully saturated rings. The second-order valence-corrected chi connectivity index (χ2v) is 7.46. The summed E-state index contributed by atoms with van der Waals surface area (Å²) >= 11 is 0. The molecule has 0 aliphatic heterocycles. The molecule has 31 heavy (non-hydrogen) atoms. The average molecular weight is 429 g/mol. The fraction of sp³-hybridized carbons (Fsp3) is 0.375. The number of hydrogen-bond acceptors (Lipinski definition) is 3. The first-order valence-corrected chi connectivity index (χ1v) is 10.5. The molecule has 3 rings (SSSR count). The molecule has 0 unspecified atom stereocenters. The molecule has 0 spiro atoms. The molecule has 6 nitrogen and oxygen atoms in total. The third kappa shape index (κ3) is 6.64. The molecule has 0 atom stereocenters. The third-order valence-corrected chi connectivity index (χ3v) is 4.14. The van der Waals surface area contributed by atoms with Gasteiger partial charge in [-0.2, -0.15) is 0 Å². The molecule has 0 aliphatic carbocycles. The van der Waals surface area contributed by atoms with Crippen LogP contribution in [0, 0.1) is 12.7 Å². The molecule has 2 heterocycles. The summed E-state index contributed by atoms with van der Waals surface area (Å²) in [5.41, 5.74) is 1.29. The Kier molecular flexibility index (Phi) is 9.37. The molecule has 3 aromatic rings. The first-order valence-electron chi connectivity index (χ1n) is 10.5. The molecule has 7 heteroatoms. The lowest BCUT2D eigenvalue weighted by molar-refractivity contribution is 0.571. The van der Waals surface area contributed by atoms with E-state index in [4.69, 9.17) is 0 Å². The van der Waals surface area contributed by atoms with E-state index in [1.807, 2.05) is 55.4 Å². The van der Waals surface area contributed by atoms with Gasteiger partial charge < -0.3 is 15.0 Å². The van der Waals surface area contributed by atoms with E-state index in [2.05, 4.69) is 19.9 Å². The van der Waals surface area contributed by atoms with E-state index in [-0.39, 0.29) is 21.7 Å². The number of rotatable bonds is 2. The monoisotopic (exact) mass is 428 g/mol. The summed E-state index contributed by atoms with van der Waals surface area (Å²) in [6.07, 6.45) is 4.39. The van der Waals surface area contributed by atoms with Gasteiger partial charge in [0.2, 0.25) is 0 Å². The van der Waals surface area contributed by atoms with Gasteiger partial charge in [0.15, 0.2) is 0 Å². The van der Waals surface area contributed by atoms with Gasteiger partial charge >= 0.3 is 0 Å². The highest BCUT2D eigenvalue weighted by Crippen LogP contribution is 2.22. The van der Waals surface area contributed by atoms with Crippen LogP contribution in [0.25, 0.3) is 12.2 Å². The highest BCUT2D eigenvalue weighted by Gasteiger charge is 2.19. The Balaban J connectivity index is 0.00000113. The van der Waals surface area contributed by atoms with E-state index < -0.39 is 16.9 Å². The van der Waals surface area contributed by atoms with Crippen molar-refractivity contribution in [2.75, 3.05) is 0 Å². The van der Waals surface area contributed by atoms with Gasteiger partial charge in [0.1, 0.15) is 16.5 Å². The minimum absolute atomic E-state index is 0.0141. The molecule has 3 N–H and O–H groups in total. The highest BCUT2D eigenvalue weighted by molar-refractivity contribution is 5.50. The lowest BCUT2D eigenvalue weighted by Gasteiger charge is -2.16. The van der Waals surface area contributed by atoms with Crippen LogP contribution < -0.4 is 21.8 Å². The summed E-state index contributed by atoms with van der Waals surface area (Å²) in [6.45, 7) is 15.9. The summed E-state index contributed by atoms with van der Waals surface area (Å²) in [5, 5.41) is 0.0687. The van der Waals surface area contributed by atoms with Crippen LogP contribution in [-0.2, 0) is 5.41 Å². The van der Waals surface area contributed by atoms with E-state index in [9.17, 15) is 14.0 Å². The van der Waals surface area contributed by atoms with E-state index >= 15 is 0 Å². The van der Waals surface area contributed by atoms with Gasteiger partial charge in [-0.05, 0) is 31.2 Å². The molecule has 2 aromatic heterocycles. The quantitative estimate of drug-likeness (QED) is 0.585. The normalized spacial score (nSPS) is 12.0. The van der Waals surface area contributed by atoms with Crippen molar-refractivity contribution in [2.24, 2.45) is 0 Å². The van der Waals surface area contributed by atoms with Gasteiger partial charge in [0.25, 0.3) is 11.1 Å². The minimum Gasteiger partial charge on any atom is -0.348 e. The Bertz CT molecular complexity index is 1230. The zero-order valence-corrected chi connectivity index (χ0v) is 19.6. The fourth-order valence-corrected chi connectivity index (χ4v) is 2.78. The SMILES string of the molecule is CC.CC.Cc1ccc(F)c(/C=c2\[nH]c(=O)/c(=C/c3nc[nH]c3C(C)(C)C)[nH]c2=O)c1. The summed E-state index contributed by atoms with van der Waals surface area (Å²) in [5.74, 6) is -0.470. The van der Waals surface area contributed by atoms with Crippen molar-refractivity contribution in [3.8, 4) is 0 Å². The first kappa shape index (κ1) is 25.8. The summed E-state index contributed by atoms with van der Waals surface area (Å²) < 4.78 is 13.9. The number of benzene rings is 1. The minimum atomic E-state index is -0.519. The van der Waals surface area contributed by atoms with Crippen molar-refractivity contribution in [2.45, 2.75) is 60.8 Å². The molecule has 1 aromatic carbocycles. The second-order valence-electron chi connectivity index (χ2n) is 7.46. The number of nitrogens with one attached hydrogen (secondary N) is 3. The number of H-pyrrole nitrogens is 3. The zero-order chi connectivity index (χ0) is 23.8. The summed E-state index contributed by atoms with van der Waals surface area (Å²) in [4.78, 5) is 37.1. The number of imidazole rings is 1. The van der Waals surface area contributed by atoms with Crippen LogP contribution >= 0.6 is 0 Å². The summed E-state index contributed by atoms with van der Waals surface area (Å²) in [6, 6.07) is 4.56. The van der Waals surface area contributed by atoms with Crippen molar-refractivity contribution < 1.29 is 4.39 Å². The summed E-state index contributed by atoms with van der Waals surface area (Å²) in [7, 11) is 0. The highest BCUT2D eigenvalue weighted by atomic mass is 19.1. The Hall–Kier alpha value is -3.22. The fourth-order valence-electron chi connectivity index (χ4n) is 2.78. The standard InChI is InChI=1S/C20H21FN4O2.2C2H6/c1-11-5-6-13(21)12(7-11)8-15-18(26)25-16(19(27)24-15)9-14-17(20(2,3)4)23-10-22-14;2*1-2/h5-10H,1-4H3,(H,22,23)(H,24,27)(H,25,26);2*1-2H3/b15-8-,16-9-;;. The molecule has 0 aliphatic rings. The second kappa shape index (κ2) is 11.2. The largest absolute Gasteiger partial charge is 0.348 e. The third-order valence-electron chi connectivity index (χ3n) is 4.14. The van der Waals surface area contributed by atoms with Gasteiger partial charge in [0, 0.05) is 16.7 Å². The average Bonchev–Trinajstić information content (AvgIpc) is 3.20. The van der Waals surface area contributed by atoms with Crippen molar-refractivity contribution in [1.82, 2.24) is 19.9 Å². The zero-order valence-electron chi connectivity index (χ0n) is 19.6. The van der Waals surface area contributed by atoms with E-state index in [1.165, 1.54) is 18.2 Å². The van der Waals surface area contributed by atoms with Gasteiger partial charge in [-0.1, -0.05) is 60.1 Å². The van der Waals surface area contributed by atoms with Crippen molar-refractivity contribution in [3.05, 3.63) is 84.3 Å². The number of aromatic amines is 3. The molecular weight excluding hydrogens is 395 g/mol. The Labute approximate surface area is 182 Å². The van der Waals surface area contributed by atoms with Gasteiger partial charge in [-0.3, -0.25) is 9.59 Å². The predicted molar refractivity (Wildman–Crippen MR) is 125 cm³/mol. The van der Waals surface area contributed by atoms with Crippen molar-refractivity contribution in [1.29, 1.82) is 0 Å². The van der Waals surface area contributed by atoms with Crippen LogP contribution in [0.2, 0.25) is 0 Å². The first-order chi connectivity index (χ1) is 14.6. The van der Waals surface area contributed by atoms with E-state index in [0.29, 0.717) is 5.69 Å². The number of nitrogens with zero attached hydrogens (tertiary/aromatic N) is 1. The van der Waals surface area contributed by atoms with Crippen LogP contribution in [0.1, 0.15) is 71.0 Å². The smallest absolute Gasteiger partial charge is 0.272 e. The number of hydrogen-bond donors (Lipinski definition) is 3. The molecular formula is C24H33FN4O2. The number of halogens is 1. The van der Waals surface area contributed by atoms with Gasteiger partial charge in [0.05, 0.1) is 12.0 Å². The Morgan fingerprint density at radius 1 is 0.935 bits per heavy atom. The molecule has 0 amide bonds. The maximum absolute atomic E-state index is 13.9. The lowest BCUT2D eigenvalue weighted by Crippen LogP contribution is -2.46. The lowest BCUT2D eigenvalue weighted by atomic mass is 9.90. The topological polar surface area (TPSA) is 94.4 Å². The Morgan fingerprint density at radius 3 is 2.03 bits per heavy atom. The molecule has 168 valence electrons. The van der Waals surface area contributed by atoms with Crippen LogP contribution in [0.5, 0.6) is 0 Å². The van der Waals surface area contributed by atoms with Crippen molar-refractivity contribution in [3.63, 3.8) is 0 Å². The van der Waals surface area contributed by atoms with Crippen molar-refractivity contribution >= 4 is 12.2 Å². The van der Waals surface area contributed by atoms with Crippen LogP contribution in [-0.4, -0.2) is 19.9 Å². The maximum Gasteiger partial charge on any atom is 0.272 e. The number of aromatic nitrogens is 4. The number of aryl methyl sites for hydroxylation is 1. The Morgan fingerprint density at radius 2 is 1.48 bits per heavy atom. The van der Waals surface area contributed by atoms with Crippen LogP contribution in [0.15, 0.2) is 34.1 Å². The van der Waals surface area contributed by atoms with Crippen LogP contribution in [0.4, 0.5) is 4.39 Å². The predicted octanol–water partition coefficient (Wildman–Crippen LogP) is 3.24. The van der Waals surface area contributed by atoms with E-state index in [0.717, 1.165) is 11.3 Å². The van der Waals surface area contributed by atoms with Crippen LogP contribution in [0.3, 0.4) is 0 Å². The molecule has 0 saturated carbocycles. The maximum atomic E-state index is 13.9. The van der Waals surface area contributed by atoms with Gasteiger partial charge in [-0.15, -0.1) is 0 Å².